The molecule has 12 heavy (non-hydrogen) atoms. The van der Waals surface area contributed by atoms with Crippen LogP contribution in [0, 0.1) is 17.8 Å². The summed E-state index contributed by atoms with van der Waals surface area (Å²) in [6, 6.07) is 0. The Morgan fingerprint density at radius 3 is 2.08 bits per heavy atom. The Hall–Kier alpha value is -0.570. The summed E-state index contributed by atoms with van der Waals surface area (Å²) in [5.74, 6) is 0.733. The predicted molar refractivity (Wildman–Crippen MR) is 48.5 cm³/mol. The molecule has 2 N–H and O–H groups in total. The number of carbonyl (C=O) groups is 1. The van der Waals surface area contributed by atoms with Gasteiger partial charge in [0.05, 0.1) is 0 Å². The van der Waals surface area contributed by atoms with Crippen LogP contribution in [-0.2, 0) is 4.79 Å². The summed E-state index contributed by atoms with van der Waals surface area (Å²) in [5.41, 5.74) is 5.34. The number of likely N-dealkylation sites (tertiary alicyclic amines) is 1. The van der Waals surface area contributed by atoms with Crippen LogP contribution < -0.4 is 5.73 Å². The lowest BCUT2D eigenvalue weighted by Gasteiger charge is -2.37. The molecule has 1 heterocycles. The summed E-state index contributed by atoms with van der Waals surface area (Å²) in [4.78, 5) is 13.3. The van der Waals surface area contributed by atoms with Gasteiger partial charge in [0, 0.05) is 19.0 Å². The van der Waals surface area contributed by atoms with E-state index in [9.17, 15) is 4.79 Å². The minimum Gasteiger partial charge on any atom is -0.369 e. The van der Waals surface area contributed by atoms with Gasteiger partial charge >= 0.3 is 0 Å². The van der Waals surface area contributed by atoms with Crippen molar-refractivity contribution in [3.05, 3.63) is 0 Å². The zero-order chi connectivity index (χ0) is 9.30. The summed E-state index contributed by atoms with van der Waals surface area (Å²) in [6.45, 7) is 6.17. The maximum atomic E-state index is 11.1. The maximum absolute atomic E-state index is 11.1. The fourth-order valence-electron chi connectivity index (χ4n) is 2.41. The van der Waals surface area contributed by atoms with Crippen LogP contribution in [0.3, 0.4) is 0 Å². The Morgan fingerprint density at radius 2 is 1.75 bits per heavy atom. The fraction of sp³-hybridized carbons (Fsp3) is 0.889. The molecule has 0 spiro atoms. The van der Waals surface area contributed by atoms with Gasteiger partial charge in [-0.3, -0.25) is 4.79 Å². The number of primary amides is 1. The first-order valence-corrected chi connectivity index (χ1v) is 4.50. The summed E-state index contributed by atoms with van der Waals surface area (Å²) < 4.78 is 0. The van der Waals surface area contributed by atoms with Crippen molar-refractivity contribution in [2.45, 2.75) is 13.8 Å². The van der Waals surface area contributed by atoms with Crippen LogP contribution in [0.25, 0.3) is 0 Å². The van der Waals surface area contributed by atoms with Gasteiger partial charge < -0.3 is 10.6 Å². The van der Waals surface area contributed by atoms with Gasteiger partial charge in [0.1, 0.15) is 0 Å². The lowest BCUT2D eigenvalue weighted by atomic mass is 9.79. The Balaban J connectivity index is 2.66. The first kappa shape index (κ1) is 9.52. The van der Waals surface area contributed by atoms with Crippen LogP contribution in [0.15, 0.2) is 0 Å². The van der Waals surface area contributed by atoms with E-state index in [0.29, 0.717) is 11.8 Å². The van der Waals surface area contributed by atoms with Crippen molar-refractivity contribution >= 4 is 5.91 Å². The van der Waals surface area contributed by atoms with Crippen LogP contribution in [0.4, 0.5) is 0 Å². The largest absolute Gasteiger partial charge is 0.369 e. The van der Waals surface area contributed by atoms with E-state index in [1.165, 1.54) is 0 Å². The standard InChI is InChI=1S/C9H18N2O/c1-6-4-11(3)5-7(2)8(6)9(10)12/h6-8H,4-5H2,1-3H3,(H2,10,12)/t6-,7?,8?/m0/s1. The second-order valence-corrected chi connectivity index (χ2v) is 4.10. The molecule has 0 aromatic heterocycles. The summed E-state index contributed by atoms with van der Waals surface area (Å²) >= 11 is 0. The minimum absolute atomic E-state index is 0.0706. The van der Waals surface area contributed by atoms with Gasteiger partial charge in [-0.15, -0.1) is 0 Å². The SMILES string of the molecule is CC1CN(C)C[C@H](C)C1C(N)=O. The average Bonchev–Trinajstić information content (AvgIpc) is 1.82. The average molecular weight is 170 g/mol. The number of hydrogen-bond donors (Lipinski definition) is 1. The van der Waals surface area contributed by atoms with Gasteiger partial charge in [-0.25, -0.2) is 0 Å². The predicted octanol–water partition coefficient (Wildman–Crippen LogP) is 0.305. The highest BCUT2D eigenvalue weighted by atomic mass is 16.1. The molecule has 2 unspecified atom stereocenters. The van der Waals surface area contributed by atoms with E-state index in [1.807, 2.05) is 0 Å². The molecular formula is C9H18N2O. The van der Waals surface area contributed by atoms with Gasteiger partial charge in [-0.05, 0) is 18.9 Å². The molecule has 0 aromatic carbocycles. The number of nitrogens with zero attached hydrogens (tertiary/aromatic N) is 1. The highest BCUT2D eigenvalue weighted by Gasteiger charge is 2.33. The maximum Gasteiger partial charge on any atom is 0.221 e. The monoisotopic (exact) mass is 170 g/mol. The molecule has 3 heteroatoms. The molecule has 1 saturated heterocycles. The van der Waals surface area contributed by atoms with Crippen molar-refractivity contribution in [2.75, 3.05) is 20.1 Å². The quantitative estimate of drug-likeness (QED) is 0.615. The molecule has 1 fully saturated rings. The second-order valence-electron chi connectivity index (χ2n) is 4.10. The number of piperidine rings is 1. The fourth-order valence-corrected chi connectivity index (χ4v) is 2.41. The number of nitrogens with two attached hydrogens (primary N) is 1. The van der Waals surface area contributed by atoms with Crippen molar-refractivity contribution in [1.82, 2.24) is 4.90 Å². The topological polar surface area (TPSA) is 46.3 Å². The number of rotatable bonds is 1. The van der Waals surface area contributed by atoms with E-state index in [4.69, 9.17) is 5.73 Å². The molecule has 3 atom stereocenters. The normalized spacial score (nSPS) is 38.1. The van der Waals surface area contributed by atoms with Crippen LogP contribution in [0.2, 0.25) is 0 Å². The molecule has 1 rings (SSSR count). The number of hydrogen-bond acceptors (Lipinski definition) is 2. The van der Waals surface area contributed by atoms with Crippen LogP contribution in [0.5, 0.6) is 0 Å². The van der Waals surface area contributed by atoms with Gasteiger partial charge in [0.2, 0.25) is 5.91 Å². The Labute approximate surface area is 73.9 Å². The van der Waals surface area contributed by atoms with Crippen molar-refractivity contribution in [3.8, 4) is 0 Å². The van der Waals surface area contributed by atoms with Crippen molar-refractivity contribution in [1.29, 1.82) is 0 Å². The van der Waals surface area contributed by atoms with Crippen molar-refractivity contribution < 1.29 is 4.79 Å². The minimum atomic E-state index is -0.136. The van der Waals surface area contributed by atoms with Crippen LogP contribution >= 0.6 is 0 Å². The Kier molecular flexibility index (Phi) is 2.73. The summed E-state index contributed by atoms with van der Waals surface area (Å²) in [6.07, 6.45) is 0. The molecule has 0 aromatic rings. The molecule has 0 bridgehead atoms. The van der Waals surface area contributed by atoms with Crippen molar-refractivity contribution in [3.63, 3.8) is 0 Å². The first-order chi connectivity index (χ1) is 5.52. The summed E-state index contributed by atoms with van der Waals surface area (Å²) in [7, 11) is 2.09. The van der Waals surface area contributed by atoms with E-state index in [-0.39, 0.29) is 11.8 Å². The van der Waals surface area contributed by atoms with E-state index >= 15 is 0 Å². The van der Waals surface area contributed by atoms with Gasteiger partial charge in [-0.1, -0.05) is 13.8 Å². The van der Waals surface area contributed by atoms with Crippen LogP contribution in [-0.4, -0.2) is 30.9 Å². The molecule has 3 nitrogen and oxygen atoms in total. The van der Waals surface area contributed by atoms with Gasteiger partial charge in [-0.2, -0.15) is 0 Å². The first-order valence-electron chi connectivity index (χ1n) is 4.50. The second kappa shape index (κ2) is 3.44. The molecule has 0 aliphatic carbocycles. The highest BCUT2D eigenvalue weighted by molar-refractivity contribution is 5.77. The van der Waals surface area contributed by atoms with E-state index in [2.05, 4.69) is 25.8 Å². The molecular weight excluding hydrogens is 152 g/mol. The number of amides is 1. The third kappa shape index (κ3) is 1.78. The number of carbonyl (C=O) groups excluding carboxylic acids is 1. The summed E-state index contributed by atoms with van der Waals surface area (Å²) in [5, 5.41) is 0. The van der Waals surface area contributed by atoms with E-state index in [1.54, 1.807) is 0 Å². The smallest absolute Gasteiger partial charge is 0.221 e. The molecule has 1 amide bonds. The molecule has 1 aliphatic heterocycles. The molecule has 0 radical (unpaired) electrons. The van der Waals surface area contributed by atoms with Gasteiger partial charge in [0.25, 0.3) is 0 Å². The lowest BCUT2D eigenvalue weighted by Crippen LogP contribution is -2.47. The molecule has 1 aliphatic rings. The Bertz CT molecular complexity index is 169. The van der Waals surface area contributed by atoms with Crippen molar-refractivity contribution in [2.24, 2.45) is 23.5 Å². The third-order valence-electron chi connectivity index (χ3n) is 2.75. The van der Waals surface area contributed by atoms with Gasteiger partial charge in [0.15, 0.2) is 0 Å². The highest BCUT2D eigenvalue weighted by Crippen LogP contribution is 2.26. The third-order valence-corrected chi connectivity index (χ3v) is 2.75. The zero-order valence-corrected chi connectivity index (χ0v) is 8.08. The zero-order valence-electron chi connectivity index (χ0n) is 8.08. The lowest BCUT2D eigenvalue weighted by molar-refractivity contribution is -0.127. The Morgan fingerprint density at radius 1 is 1.33 bits per heavy atom. The molecule has 70 valence electrons. The van der Waals surface area contributed by atoms with Crippen LogP contribution in [0.1, 0.15) is 13.8 Å². The van der Waals surface area contributed by atoms with E-state index < -0.39 is 0 Å². The molecule has 0 saturated carbocycles. The van der Waals surface area contributed by atoms with E-state index in [0.717, 1.165) is 13.1 Å².